The summed E-state index contributed by atoms with van der Waals surface area (Å²) in [4.78, 5) is 48.5. The van der Waals surface area contributed by atoms with Crippen LogP contribution in [0.1, 0.15) is 73.1 Å². The van der Waals surface area contributed by atoms with Crippen LogP contribution in [-0.4, -0.2) is 42.0 Å². The molecule has 0 saturated heterocycles. The van der Waals surface area contributed by atoms with Crippen LogP contribution in [0.2, 0.25) is 0 Å². The minimum atomic E-state index is -0.725. The smallest absolute Gasteiger partial charge is 0.303 e. The number of hydrogen-bond acceptors (Lipinski definition) is 7. The summed E-state index contributed by atoms with van der Waals surface area (Å²) in [5.74, 6) is -0.802. The summed E-state index contributed by atoms with van der Waals surface area (Å²) >= 11 is 0. The van der Waals surface area contributed by atoms with Gasteiger partial charge in [-0.2, -0.15) is 0 Å². The summed E-state index contributed by atoms with van der Waals surface area (Å²) in [6, 6.07) is 0. The first kappa shape index (κ1) is 23.0. The molecule has 3 fully saturated rings. The Hall–Kier alpha value is -2.18. The molecule has 4 aliphatic carbocycles. The lowest BCUT2D eigenvalue weighted by Gasteiger charge is -2.58. The summed E-state index contributed by atoms with van der Waals surface area (Å²) < 4.78 is 16.8. The van der Waals surface area contributed by atoms with Gasteiger partial charge in [-0.1, -0.05) is 25.5 Å². The molecule has 4 rings (SSSR count). The molecule has 8 atom stereocenters. The first-order chi connectivity index (χ1) is 15.0. The number of ketones is 1. The van der Waals surface area contributed by atoms with Crippen LogP contribution in [0, 0.1) is 28.6 Å². The number of carbonyl (C=O) groups is 4. The van der Waals surface area contributed by atoms with Crippen LogP contribution in [0.3, 0.4) is 0 Å². The maximum Gasteiger partial charge on any atom is 0.303 e. The molecule has 7 nitrogen and oxygen atoms in total. The predicted molar refractivity (Wildman–Crippen MR) is 114 cm³/mol. The Morgan fingerprint density at radius 2 is 1.62 bits per heavy atom. The van der Waals surface area contributed by atoms with Gasteiger partial charge in [0.2, 0.25) is 0 Å². The molecule has 0 aromatic rings. The molecular formula is C25H34O7. The zero-order chi connectivity index (χ0) is 23.4. The van der Waals surface area contributed by atoms with E-state index < -0.39 is 17.5 Å². The molecule has 32 heavy (non-hydrogen) atoms. The fourth-order valence-corrected chi connectivity index (χ4v) is 7.45. The van der Waals surface area contributed by atoms with E-state index in [1.54, 1.807) is 0 Å². The van der Waals surface area contributed by atoms with E-state index in [2.05, 4.69) is 13.0 Å². The third kappa shape index (κ3) is 3.67. The van der Waals surface area contributed by atoms with Gasteiger partial charge in [-0.15, -0.1) is 0 Å². The monoisotopic (exact) mass is 446 g/mol. The third-order valence-corrected chi connectivity index (χ3v) is 8.64. The van der Waals surface area contributed by atoms with E-state index in [1.165, 1.54) is 26.3 Å². The molecule has 0 radical (unpaired) electrons. The highest BCUT2D eigenvalue weighted by molar-refractivity contribution is 5.93. The van der Waals surface area contributed by atoms with Gasteiger partial charge in [-0.3, -0.25) is 19.2 Å². The number of rotatable bonds is 3. The van der Waals surface area contributed by atoms with Crippen LogP contribution in [0.15, 0.2) is 11.6 Å². The van der Waals surface area contributed by atoms with Crippen LogP contribution in [0.4, 0.5) is 0 Å². The number of esters is 3. The zero-order valence-corrected chi connectivity index (χ0v) is 19.6. The minimum Gasteiger partial charge on any atom is -0.462 e. The van der Waals surface area contributed by atoms with Gasteiger partial charge in [0, 0.05) is 38.5 Å². The molecule has 3 unspecified atom stereocenters. The molecule has 0 amide bonds. The average Bonchev–Trinajstić information content (AvgIpc) is 2.91. The Labute approximate surface area is 189 Å². The minimum absolute atomic E-state index is 0.0493. The molecular weight excluding hydrogens is 412 g/mol. The largest absolute Gasteiger partial charge is 0.462 e. The highest BCUT2D eigenvalue weighted by atomic mass is 16.6. The normalized spacial score (nSPS) is 42.7. The number of hydrogen-bond donors (Lipinski definition) is 0. The Bertz CT molecular complexity index is 876. The van der Waals surface area contributed by atoms with E-state index in [1.807, 2.05) is 6.92 Å². The Balaban J connectivity index is 1.70. The SMILES string of the molecule is CC(=O)OC1CC[C@@]2(C)C(=CC[C@@H]3[C@H]2C(OC(C)=O)C[C@]2(C)C(=O)C(OC(C)=O)C[C@@H]32)C1. The molecule has 0 N–H and O–H groups in total. The summed E-state index contributed by atoms with van der Waals surface area (Å²) in [7, 11) is 0. The van der Waals surface area contributed by atoms with Crippen LogP contribution >= 0.6 is 0 Å². The Kier molecular flexibility index (Phi) is 5.74. The third-order valence-electron chi connectivity index (χ3n) is 8.64. The van der Waals surface area contributed by atoms with Crippen LogP contribution in [0.25, 0.3) is 0 Å². The molecule has 0 aromatic heterocycles. The van der Waals surface area contributed by atoms with Crippen molar-refractivity contribution < 1.29 is 33.4 Å². The molecule has 0 spiro atoms. The lowest BCUT2D eigenvalue weighted by molar-refractivity contribution is -0.175. The Morgan fingerprint density at radius 1 is 0.969 bits per heavy atom. The number of allylic oxidation sites excluding steroid dienone is 1. The van der Waals surface area contributed by atoms with Gasteiger partial charge in [-0.05, 0) is 49.4 Å². The lowest BCUT2D eigenvalue weighted by atomic mass is 9.47. The molecule has 7 heteroatoms. The van der Waals surface area contributed by atoms with Crippen LogP contribution < -0.4 is 0 Å². The molecule has 0 aromatic carbocycles. The number of Topliss-reactive ketones (excluding diaryl/α,β-unsaturated/α-hetero) is 1. The van der Waals surface area contributed by atoms with Crippen molar-refractivity contribution in [3.63, 3.8) is 0 Å². The number of fused-ring (bicyclic) bond motifs is 5. The lowest BCUT2D eigenvalue weighted by Crippen LogP contribution is -2.57. The second kappa shape index (κ2) is 7.99. The average molecular weight is 447 g/mol. The maximum absolute atomic E-state index is 13.3. The van der Waals surface area contributed by atoms with Crippen molar-refractivity contribution in [1.82, 2.24) is 0 Å². The van der Waals surface area contributed by atoms with Crippen molar-refractivity contribution in [3.8, 4) is 0 Å². The van der Waals surface area contributed by atoms with E-state index in [0.29, 0.717) is 19.3 Å². The van der Waals surface area contributed by atoms with Gasteiger partial charge in [0.15, 0.2) is 11.9 Å². The van der Waals surface area contributed by atoms with Crippen molar-refractivity contribution >= 4 is 23.7 Å². The van der Waals surface area contributed by atoms with E-state index in [4.69, 9.17) is 14.2 Å². The first-order valence-corrected chi connectivity index (χ1v) is 11.7. The first-order valence-electron chi connectivity index (χ1n) is 11.7. The van der Waals surface area contributed by atoms with Gasteiger partial charge in [0.05, 0.1) is 0 Å². The standard InChI is InChI=1S/C25H34O7/c1-13(26)30-17-8-9-24(4)16(10-17)6-7-18-19-11-20(31-14(2)27)23(29)25(19,5)12-21(22(18)24)32-15(3)28/h6,17-22H,7-12H2,1-5H3/t17?,18-,19-,20?,21?,22-,24-,25-/m0/s1. The van der Waals surface area contributed by atoms with Crippen molar-refractivity contribution in [1.29, 1.82) is 0 Å². The molecule has 0 aliphatic heterocycles. The summed E-state index contributed by atoms with van der Waals surface area (Å²) in [6.07, 6.45) is 5.09. The fourth-order valence-electron chi connectivity index (χ4n) is 7.45. The summed E-state index contributed by atoms with van der Waals surface area (Å²) in [5, 5.41) is 0. The van der Waals surface area contributed by atoms with Crippen molar-refractivity contribution in [2.45, 2.75) is 91.5 Å². The summed E-state index contributed by atoms with van der Waals surface area (Å²) in [6.45, 7) is 8.38. The van der Waals surface area contributed by atoms with E-state index >= 15 is 0 Å². The topological polar surface area (TPSA) is 96.0 Å². The quantitative estimate of drug-likeness (QED) is 0.372. The molecule has 4 aliphatic rings. The van der Waals surface area contributed by atoms with Gasteiger partial charge < -0.3 is 14.2 Å². The Morgan fingerprint density at radius 3 is 2.25 bits per heavy atom. The van der Waals surface area contributed by atoms with Gasteiger partial charge >= 0.3 is 17.9 Å². The van der Waals surface area contributed by atoms with Crippen LogP contribution in [-0.2, 0) is 33.4 Å². The second-order valence-electron chi connectivity index (χ2n) is 10.6. The van der Waals surface area contributed by atoms with E-state index in [0.717, 1.165) is 19.3 Å². The highest BCUT2D eigenvalue weighted by Crippen LogP contribution is 2.64. The van der Waals surface area contributed by atoms with Crippen molar-refractivity contribution in [3.05, 3.63) is 11.6 Å². The van der Waals surface area contributed by atoms with Gasteiger partial charge in [0.1, 0.15) is 12.2 Å². The van der Waals surface area contributed by atoms with Gasteiger partial charge in [-0.25, -0.2) is 0 Å². The van der Waals surface area contributed by atoms with E-state index in [9.17, 15) is 19.2 Å². The zero-order valence-electron chi connectivity index (χ0n) is 19.6. The number of carbonyl (C=O) groups excluding carboxylic acids is 4. The maximum atomic E-state index is 13.3. The van der Waals surface area contributed by atoms with E-state index in [-0.39, 0.29) is 53.1 Å². The fraction of sp³-hybridized carbons (Fsp3) is 0.760. The van der Waals surface area contributed by atoms with Crippen molar-refractivity contribution in [2.75, 3.05) is 0 Å². The molecule has 0 bridgehead atoms. The van der Waals surface area contributed by atoms with Crippen LogP contribution in [0.5, 0.6) is 0 Å². The second-order valence-corrected chi connectivity index (χ2v) is 10.6. The number of ether oxygens (including phenoxy) is 3. The predicted octanol–water partition coefficient (Wildman–Crippen LogP) is 3.53. The summed E-state index contributed by atoms with van der Waals surface area (Å²) in [5.41, 5.74) is 0.389. The highest BCUT2D eigenvalue weighted by Gasteiger charge is 2.65. The van der Waals surface area contributed by atoms with Crippen molar-refractivity contribution in [2.24, 2.45) is 28.6 Å². The molecule has 0 heterocycles. The molecule has 3 saturated carbocycles. The molecule has 176 valence electrons. The van der Waals surface area contributed by atoms with Gasteiger partial charge in [0.25, 0.3) is 0 Å².